The van der Waals surface area contributed by atoms with Crippen LogP contribution in [0.25, 0.3) is 0 Å². The van der Waals surface area contributed by atoms with Crippen LogP contribution >= 0.6 is 0 Å². The van der Waals surface area contributed by atoms with Gasteiger partial charge < -0.3 is 0 Å². The lowest BCUT2D eigenvalue weighted by Crippen LogP contribution is -1.73. The van der Waals surface area contributed by atoms with Gasteiger partial charge in [0.2, 0.25) is 0 Å². The molecule has 74 valence electrons. The van der Waals surface area contributed by atoms with E-state index in [0.717, 1.165) is 18.3 Å². The maximum absolute atomic E-state index is 2.35. The fourth-order valence-electron chi connectivity index (χ4n) is 1.55. The van der Waals surface area contributed by atoms with Gasteiger partial charge in [-0.05, 0) is 37.5 Å². The van der Waals surface area contributed by atoms with Gasteiger partial charge in [-0.15, -0.1) is 0 Å². The SMILES string of the molecule is CCCC=CCC=CCC1CC1C. The van der Waals surface area contributed by atoms with Crippen LogP contribution in [-0.4, -0.2) is 0 Å². The second-order valence-corrected chi connectivity index (χ2v) is 4.18. The highest BCUT2D eigenvalue weighted by Crippen LogP contribution is 2.40. The fourth-order valence-corrected chi connectivity index (χ4v) is 1.55. The minimum Gasteiger partial charge on any atom is -0.0882 e. The minimum absolute atomic E-state index is 1.00. The van der Waals surface area contributed by atoms with E-state index in [9.17, 15) is 0 Å². The molecule has 0 N–H and O–H groups in total. The predicted octanol–water partition coefficient (Wildman–Crippen LogP) is 4.34. The van der Waals surface area contributed by atoms with Crippen molar-refractivity contribution in [1.82, 2.24) is 0 Å². The van der Waals surface area contributed by atoms with E-state index in [1.54, 1.807) is 0 Å². The van der Waals surface area contributed by atoms with E-state index >= 15 is 0 Å². The number of hydrogen-bond acceptors (Lipinski definition) is 0. The molecule has 0 nitrogen and oxygen atoms in total. The molecule has 1 aliphatic carbocycles. The first-order chi connectivity index (χ1) is 6.34. The van der Waals surface area contributed by atoms with Crippen LogP contribution in [0.1, 0.15) is 46.0 Å². The highest BCUT2D eigenvalue weighted by Gasteiger charge is 2.30. The van der Waals surface area contributed by atoms with Crippen molar-refractivity contribution in [2.75, 3.05) is 0 Å². The topological polar surface area (TPSA) is 0 Å². The molecule has 0 radical (unpaired) electrons. The van der Waals surface area contributed by atoms with Crippen molar-refractivity contribution in [3.63, 3.8) is 0 Å². The van der Waals surface area contributed by atoms with Gasteiger partial charge in [0.15, 0.2) is 0 Å². The smallest absolute Gasteiger partial charge is 0.0169 e. The van der Waals surface area contributed by atoms with Crippen molar-refractivity contribution in [3.8, 4) is 0 Å². The van der Waals surface area contributed by atoms with Crippen LogP contribution < -0.4 is 0 Å². The van der Waals surface area contributed by atoms with Crippen LogP contribution in [0, 0.1) is 11.8 Å². The molecule has 0 heteroatoms. The third-order valence-electron chi connectivity index (χ3n) is 2.78. The zero-order valence-corrected chi connectivity index (χ0v) is 9.00. The summed E-state index contributed by atoms with van der Waals surface area (Å²) in [5.74, 6) is 2.01. The van der Waals surface area contributed by atoms with Crippen LogP contribution in [0.3, 0.4) is 0 Å². The number of allylic oxidation sites excluding steroid dienone is 4. The van der Waals surface area contributed by atoms with Crippen molar-refractivity contribution >= 4 is 0 Å². The van der Waals surface area contributed by atoms with Crippen molar-refractivity contribution < 1.29 is 0 Å². The Kier molecular flexibility index (Phi) is 4.88. The van der Waals surface area contributed by atoms with Gasteiger partial charge in [0, 0.05) is 0 Å². The molecule has 1 fully saturated rings. The van der Waals surface area contributed by atoms with E-state index in [2.05, 4.69) is 38.2 Å². The standard InChI is InChI=1S/C13H22/c1-3-4-5-6-7-8-9-10-13-11-12(13)2/h5-6,8-9,12-13H,3-4,7,10-11H2,1-2H3. The van der Waals surface area contributed by atoms with Gasteiger partial charge in [-0.3, -0.25) is 0 Å². The van der Waals surface area contributed by atoms with Gasteiger partial charge in [0.05, 0.1) is 0 Å². The molecule has 0 aromatic rings. The largest absolute Gasteiger partial charge is 0.0882 e. The molecule has 1 aliphatic rings. The van der Waals surface area contributed by atoms with Crippen molar-refractivity contribution in [3.05, 3.63) is 24.3 Å². The van der Waals surface area contributed by atoms with Crippen molar-refractivity contribution in [2.24, 2.45) is 11.8 Å². The first-order valence-electron chi connectivity index (χ1n) is 5.64. The third-order valence-corrected chi connectivity index (χ3v) is 2.78. The average Bonchev–Trinajstić information content (AvgIpc) is 2.81. The van der Waals surface area contributed by atoms with Crippen LogP contribution in [0.5, 0.6) is 0 Å². The lowest BCUT2D eigenvalue weighted by Gasteiger charge is -1.87. The lowest BCUT2D eigenvalue weighted by atomic mass is 10.2. The van der Waals surface area contributed by atoms with Gasteiger partial charge in [-0.1, -0.05) is 44.6 Å². The number of unbranched alkanes of at least 4 members (excludes halogenated alkanes) is 1. The van der Waals surface area contributed by atoms with Crippen LogP contribution in [0.4, 0.5) is 0 Å². The molecular formula is C13H22. The lowest BCUT2D eigenvalue weighted by molar-refractivity contribution is 0.764. The Balaban J connectivity index is 1.92. The van der Waals surface area contributed by atoms with Crippen LogP contribution in [0.15, 0.2) is 24.3 Å². The second-order valence-electron chi connectivity index (χ2n) is 4.18. The summed E-state index contributed by atoms with van der Waals surface area (Å²) in [7, 11) is 0. The summed E-state index contributed by atoms with van der Waals surface area (Å²) < 4.78 is 0. The summed E-state index contributed by atoms with van der Waals surface area (Å²) >= 11 is 0. The molecule has 0 spiro atoms. The van der Waals surface area contributed by atoms with Gasteiger partial charge in [-0.25, -0.2) is 0 Å². The Morgan fingerprint density at radius 1 is 1.15 bits per heavy atom. The number of rotatable bonds is 6. The zero-order valence-electron chi connectivity index (χ0n) is 9.00. The van der Waals surface area contributed by atoms with Crippen LogP contribution in [-0.2, 0) is 0 Å². The minimum atomic E-state index is 1.00. The Morgan fingerprint density at radius 2 is 1.85 bits per heavy atom. The maximum atomic E-state index is 2.35. The summed E-state index contributed by atoms with van der Waals surface area (Å²) in [5, 5.41) is 0. The molecular weight excluding hydrogens is 156 g/mol. The molecule has 0 bridgehead atoms. The highest BCUT2D eigenvalue weighted by atomic mass is 14.4. The van der Waals surface area contributed by atoms with Crippen molar-refractivity contribution in [2.45, 2.75) is 46.0 Å². The maximum Gasteiger partial charge on any atom is -0.0169 e. The molecule has 1 saturated carbocycles. The van der Waals surface area contributed by atoms with Crippen LogP contribution in [0.2, 0.25) is 0 Å². The van der Waals surface area contributed by atoms with E-state index in [-0.39, 0.29) is 0 Å². The normalized spacial score (nSPS) is 27.5. The Hall–Kier alpha value is -0.520. The molecule has 0 saturated heterocycles. The van der Waals surface area contributed by atoms with Gasteiger partial charge >= 0.3 is 0 Å². The Morgan fingerprint density at radius 3 is 2.46 bits per heavy atom. The third kappa shape index (κ3) is 4.92. The molecule has 2 unspecified atom stereocenters. The highest BCUT2D eigenvalue weighted by molar-refractivity contribution is 4.96. The van der Waals surface area contributed by atoms with E-state index in [1.807, 2.05) is 0 Å². The first-order valence-corrected chi connectivity index (χ1v) is 5.64. The average molecular weight is 178 g/mol. The monoisotopic (exact) mass is 178 g/mol. The van der Waals surface area contributed by atoms with E-state index in [0.29, 0.717) is 0 Å². The fraction of sp³-hybridized carbons (Fsp3) is 0.692. The van der Waals surface area contributed by atoms with Gasteiger partial charge in [-0.2, -0.15) is 0 Å². The van der Waals surface area contributed by atoms with E-state index < -0.39 is 0 Å². The molecule has 2 atom stereocenters. The summed E-state index contributed by atoms with van der Waals surface area (Å²) in [5.41, 5.74) is 0. The summed E-state index contributed by atoms with van der Waals surface area (Å²) in [4.78, 5) is 0. The molecule has 1 rings (SSSR count). The molecule has 0 amide bonds. The number of hydrogen-bond donors (Lipinski definition) is 0. The van der Waals surface area contributed by atoms with E-state index in [4.69, 9.17) is 0 Å². The van der Waals surface area contributed by atoms with Gasteiger partial charge in [0.25, 0.3) is 0 Å². The molecule has 0 aromatic carbocycles. The molecule has 0 aliphatic heterocycles. The van der Waals surface area contributed by atoms with Gasteiger partial charge in [0.1, 0.15) is 0 Å². The quantitative estimate of drug-likeness (QED) is 0.531. The Bertz CT molecular complexity index is 176. The molecule has 13 heavy (non-hydrogen) atoms. The molecule has 0 heterocycles. The summed E-state index contributed by atoms with van der Waals surface area (Å²) in [6, 6.07) is 0. The Labute approximate surface area is 82.7 Å². The zero-order chi connectivity index (χ0) is 9.52. The summed E-state index contributed by atoms with van der Waals surface area (Å²) in [6.45, 7) is 4.56. The predicted molar refractivity (Wildman–Crippen MR) is 59.7 cm³/mol. The second kappa shape index (κ2) is 6.01. The summed E-state index contributed by atoms with van der Waals surface area (Å²) in [6.07, 6.45) is 15.6. The first kappa shape index (κ1) is 10.6. The van der Waals surface area contributed by atoms with Crippen molar-refractivity contribution in [1.29, 1.82) is 0 Å². The molecule has 0 aromatic heterocycles. The van der Waals surface area contributed by atoms with E-state index in [1.165, 1.54) is 25.7 Å².